The summed E-state index contributed by atoms with van der Waals surface area (Å²) in [5, 5.41) is 13.1. The van der Waals surface area contributed by atoms with E-state index in [2.05, 4.69) is 17.5 Å². The Balaban J connectivity index is 1.74. The zero-order valence-corrected chi connectivity index (χ0v) is 14.8. The van der Waals surface area contributed by atoms with Crippen LogP contribution in [0.15, 0.2) is 75.9 Å². The van der Waals surface area contributed by atoms with Crippen LogP contribution in [0, 0.1) is 10.1 Å². The van der Waals surface area contributed by atoms with Crippen LogP contribution in [0.4, 0.5) is 11.4 Å². The second kappa shape index (κ2) is 6.82. The van der Waals surface area contributed by atoms with E-state index in [1.54, 1.807) is 35.2 Å². The molecule has 2 aromatic carbocycles. The zero-order chi connectivity index (χ0) is 17.2. The number of hydrogen-bond acceptors (Lipinski definition) is 5. The van der Waals surface area contributed by atoms with Crippen LogP contribution in [0.3, 0.4) is 0 Å². The number of benzene rings is 2. The Morgan fingerprint density at radius 3 is 2.56 bits per heavy atom. The van der Waals surface area contributed by atoms with Gasteiger partial charge >= 0.3 is 0 Å². The highest BCUT2D eigenvalue weighted by Gasteiger charge is 2.23. The first-order chi connectivity index (χ1) is 12.2. The molecular weight excluding hydrogens is 352 g/mol. The second-order valence-corrected chi connectivity index (χ2v) is 7.86. The molecule has 1 aromatic heterocycles. The number of thiophene rings is 1. The maximum Gasteiger partial charge on any atom is 0.269 e. The summed E-state index contributed by atoms with van der Waals surface area (Å²) in [6.45, 7) is 0. The van der Waals surface area contributed by atoms with Crippen LogP contribution in [-0.4, -0.2) is 10.6 Å². The van der Waals surface area contributed by atoms with E-state index in [-0.39, 0.29) is 15.9 Å². The molecule has 0 radical (unpaired) electrons. The Labute approximate surface area is 153 Å². The van der Waals surface area contributed by atoms with Crippen LogP contribution in [0.2, 0.25) is 0 Å². The predicted octanol–water partition coefficient (Wildman–Crippen LogP) is 6.01. The minimum Gasteiger partial charge on any atom is -0.258 e. The van der Waals surface area contributed by atoms with E-state index in [9.17, 15) is 10.1 Å². The molecule has 4 nitrogen and oxygen atoms in total. The highest BCUT2D eigenvalue weighted by atomic mass is 32.2. The Kier molecular flexibility index (Phi) is 4.38. The van der Waals surface area contributed by atoms with Crippen molar-refractivity contribution in [3.8, 4) is 0 Å². The number of para-hydroxylation sites is 1. The van der Waals surface area contributed by atoms with Crippen molar-refractivity contribution in [1.82, 2.24) is 0 Å². The summed E-state index contributed by atoms with van der Waals surface area (Å²) in [5.74, 6) is 0. The van der Waals surface area contributed by atoms with Gasteiger partial charge in [0.1, 0.15) is 0 Å². The number of non-ortho nitro benzene ring substituents is 1. The van der Waals surface area contributed by atoms with E-state index in [1.165, 1.54) is 4.88 Å². The normalized spacial score (nSPS) is 16.6. The fourth-order valence-corrected chi connectivity index (χ4v) is 4.76. The van der Waals surface area contributed by atoms with Crippen molar-refractivity contribution in [2.24, 2.45) is 4.99 Å². The van der Waals surface area contributed by atoms with Crippen molar-refractivity contribution < 1.29 is 4.92 Å². The fraction of sp³-hybridized carbons (Fsp3) is 0.105. The molecule has 3 aromatic rings. The standard InChI is InChI=1S/C19H14N2O2S2/c22-21(23)14-9-7-13(8-10-14)19-12-16(17-6-3-11-24-17)20-15-4-1-2-5-18(15)25-19/h1-11,19H,12H2. The molecule has 0 aliphatic carbocycles. The first-order valence-electron chi connectivity index (χ1n) is 7.82. The van der Waals surface area contributed by atoms with E-state index in [0.29, 0.717) is 0 Å². The monoisotopic (exact) mass is 366 g/mol. The van der Waals surface area contributed by atoms with Gasteiger partial charge in [0.25, 0.3) is 5.69 Å². The Morgan fingerprint density at radius 2 is 1.84 bits per heavy atom. The summed E-state index contributed by atoms with van der Waals surface area (Å²) in [6, 6.07) is 19.1. The van der Waals surface area contributed by atoms with Crippen molar-refractivity contribution in [3.63, 3.8) is 0 Å². The number of aliphatic imine (C=N–C) groups is 1. The summed E-state index contributed by atoms with van der Waals surface area (Å²) < 4.78 is 0. The van der Waals surface area contributed by atoms with Crippen molar-refractivity contribution in [2.75, 3.05) is 0 Å². The predicted molar refractivity (Wildman–Crippen MR) is 103 cm³/mol. The highest BCUT2D eigenvalue weighted by molar-refractivity contribution is 7.99. The molecule has 0 saturated carbocycles. The van der Waals surface area contributed by atoms with E-state index in [4.69, 9.17) is 4.99 Å². The maximum atomic E-state index is 10.9. The summed E-state index contributed by atoms with van der Waals surface area (Å²) in [5.41, 5.74) is 3.25. The van der Waals surface area contributed by atoms with Gasteiger partial charge in [-0.3, -0.25) is 15.1 Å². The molecule has 2 heterocycles. The smallest absolute Gasteiger partial charge is 0.258 e. The average Bonchev–Trinajstić information content (AvgIpc) is 3.09. The van der Waals surface area contributed by atoms with Crippen LogP contribution in [0.5, 0.6) is 0 Å². The highest BCUT2D eigenvalue weighted by Crippen LogP contribution is 2.45. The van der Waals surface area contributed by atoms with Crippen LogP contribution in [0.1, 0.15) is 22.1 Å². The Bertz CT molecular complexity index is 934. The molecule has 0 fully saturated rings. The van der Waals surface area contributed by atoms with Gasteiger partial charge < -0.3 is 0 Å². The van der Waals surface area contributed by atoms with Gasteiger partial charge in [-0.1, -0.05) is 30.3 Å². The lowest BCUT2D eigenvalue weighted by atomic mass is 10.1. The van der Waals surface area contributed by atoms with Gasteiger partial charge in [-0.05, 0) is 29.1 Å². The molecule has 0 saturated heterocycles. The van der Waals surface area contributed by atoms with Crippen molar-refractivity contribution >= 4 is 40.2 Å². The first kappa shape index (κ1) is 16.1. The molecule has 1 atom stereocenters. The van der Waals surface area contributed by atoms with Gasteiger partial charge in [-0.15, -0.1) is 23.1 Å². The third-order valence-electron chi connectivity index (χ3n) is 4.05. The van der Waals surface area contributed by atoms with Crippen LogP contribution >= 0.6 is 23.1 Å². The lowest BCUT2D eigenvalue weighted by Gasteiger charge is -2.15. The molecule has 1 unspecified atom stereocenters. The number of nitro benzene ring substituents is 1. The van der Waals surface area contributed by atoms with Gasteiger partial charge in [0.05, 0.1) is 16.3 Å². The zero-order valence-electron chi connectivity index (χ0n) is 13.2. The third kappa shape index (κ3) is 3.36. The SMILES string of the molecule is O=[N+]([O-])c1ccc(C2CC(c3cccs3)=Nc3ccccc3S2)cc1. The molecule has 6 heteroatoms. The van der Waals surface area contributed by atoms with E-state index in [1.807, 2.05) is 36.4 Å². The molecule has 1 aliphatic heterocycles. The largest absolute Gasteiger partial charge is 0.269 e. The fourth-order valence-electron chi connectivity index (χ4n) is 2.81. The summed E-state index contributed by atoms with van der Waals surface area (Å²) in [7, 11) is 0. The lowest BCUT2D eigenvalue weighted by molar-refractivity contribution is -0.384. The first-order valence-corrected chi connectivity index (χ1v) is 9.58. The molecule has 0 amide bonds. The topological polar surface area (TPSA) is 55.5 Å². The van der Waals surface area contributed by atoms with Gasteiger partial charge in [0.15, 0.2) is 0 Å². The van der Waals surface area contributed by atoms with Gasteiger partial charge in [0.2, 0.25) is 0 Å². The summed E-state index contributed by atoms with van der Waals surface area (Å²) in [4.78, 5) is 17.7. The number of nitro groups is 1. The Morgan fingerprint density at radius 1 is 1.04 bits per heavy atom. The average molecular weight is 366 g/mol. The molecule has 1 aliphatic rings. The summed E-state index contributed by atoms with van der Waals surface area (Å²) >= 11 is 3.45. The quantitative estimate of drug-likeness (QED) is 0.421. The molecule has 0 bridgehead atoms. The van der Waals surface area contributed by atoms with Crippen molar-refractivity contribution in [3.05, 3.63) is 86.6 Å². The molecule has 0 spiro atoms. The van der Waals surface area contributed by atoms with Crippen LogP contribution < -0.4 is 0 Å². The maximum absolute atomic E-state index is 10.9. The van der Waals surface area contributed by atoms with Crippen molar-refractivity contribution in [1.29, 1.82) is 0 Å². The third-order valence-corrected chi connectivity index (χ3v) is 6.29. The molecule has 124 valence electrons. The number of fused-ring (bicyclic) bond motifs is 1. The van der Waals surface area contributed by atoms with E-state index < -0.39 is 0 Å². The lowest BCUT2D eigenvalue weighted by Crippen LogP contribution is -2.03. The Hall–Kier alpha value is -2.44. The number of thioether (sulfide) groups is 1. The number of nitrogens with zero attached hydrogens (tertiary/aromatic N) is 2. The van der Waals surface area contributed by atoms with E-state index in [0.717, 1.165) is 28.3 Å². The van der Waals surface area contributed by atoms with Crippen LogP contribution in [0.25, 0.3) is 0 Å². The molecule has 4 rings (SSSR count). The van der Waals surface area contributed by atoms with Crippen molar-refractivity contribution in [2.45, 2.75) is 16.6 Å². The minimum atomic E-state index is -0.363. The van der Waals surface area contributed by atoms with Gasteiger partial charge in [-0.25, -0.2) is 0 Å². The molecule has 0 N–H and O–H groups in total. The minimum absolute atomic E-state index is 0.120. The number of rotatable bonds is 3. The molecular formula is C19H14N2O2S2. The van der Waals surface area contributed by atoms with Gasteiger partial charge in [0, 0.05) is 33.6 Å². The number of hydrogen-bond donors (Lipinski definition) is 0. The summed E-state index contributed by atoms with van der Waals surface area (Å²) in [6.07, 6.45) is 0.789. The van der Waals surface area contributed by atoms with Crippen LogP contribution in [-0.2, 0) is 0 Å². The van der Waals surface area contributed by atoms with Gasteiger partial charge in [-0.2, -0.15) is 0 Å². The second-order valence-electron chi connectivity index (χ2n) is 5.66. The van der Waals surface area contributed by atoms with E-state index >= 15 is 0 Å². The molecule has 25 heavy (non-hydrogen) atoms.